The van der Waals surface area contributed by atoms with Gasteiger partial charge in [-0.05, 0) is 85.5 Å². The molecule has 0 aliphatic rings. The van der Waals surface area contributed by atoms with Crippen molar-refractivity contribution in [2.24, 2.45) is 5.73 Å². The largest absolute Gasteiger partial charge is 0.348 e. The van der Waals surface area contributed by atoms with E-state index in [0.29, 0.717) is 37.1 Å². The molecule has 0 aliphatic carbocycles. The van der Waals surface area contributed by atoms with Gasteiger partial charge in [0.05, 0.1) is 0 Å². The lowest BCUT2D eigenvalue weighted by atomic mass is 10.1. The lowest BCUT2D eigenvalue weighted by Gasteiger charge is -2.09. The number of hydrogen-bond donors (Lipinski definition) is 5. The van der Waals surface area contributed by atoms with Crippen LogP contribution in [0.3, 0.4) is 0 Å². The molecule has 0 spiro atoms. The Labute approximate surface area is 285 Å². The molecule has 9 nitrogen and oxygen atoms in total. The van der Waals surface area contributed by atoms with Crippen LogP contribution in [0.5, 0.6) is 0 Å². The minimum Gasteiger partial charge on any atom is -0.348 e. The molecule has 0 fully saturated rings. The van der Waals surface area contributed by atoms with Crippen LogP contribution >= 0.6 is 0 Å². The van der Waals surface area contributed by atoms with Gasteiger partial charge in [0.2, 0.25) is 11.8 Å². The fourth-order valence-electron chi connectivity index (χ4n) is 5.23. The Bertz CT molecular complexity index is 1300. The molecule has 0 atom stereocenters. The van der Waals surface area contributed by atoms with E-state index in [1.54, 1.807) is 24.3 Å². The van der Waals surface area contributed by atoms with Gasteiger partial charge in [0.25, 0.3) is 11.8 Å². The van der Waals surface area contributed by atoms with Crippen LogP contribution in [-0.4, -0.2) is 30.2 Å². The lowest BCUT2D eigenvalue weighted by Crippen LogP contribution is -2.24. The van der Waals surface area contributed by atoms with Crippen molar-refractivity contribution in [1.29, 1.82) is 0 Å². The second-order valence-electron chi connectivity index (χ2n) is 12.3. The molecule has 3 aromatic carbocycles. The van der Waals surface area contributed by atoms with Crippen LogP contribution in [-0.2, 0) is 22.7 Å². The summed E-state index contributed by atoms with van der Waals surface area (Å²) >= 11 is 0. The van der Waals surface area contributed by atoms with Gasteiger partial charge in [0, 0.05) is 48.4 Å². The fourth-order valence-corrected chi connectivity index (χ4v) is 5.23. The zero-order valence-electron chi connectivity index (χ0n) is 28.5. The summed E-state index contributed by atoms with van der Waals surface area (Å²) in [6.07, 6.45) is 13.0. The van der Waals surface area contributed by atoms with Crippen LogP contribution in [0.15, 0.2) is 72.8 Å². The van der Waals surface area contributed by atoms with Gasteiger partial charge in [-0.25, -0.2) is 0 Å². The van der Waals surface area contributed by atoms with E-state index in [9.17, 15) is 19.2 Å². The van der Waals surface area contributed by atoms with Gasteiger partial charge in [-0.1, -0.05) is 82.6 Å². The van der Waals surface area contributed by atoms with Crippen LogP contribution in [0.25, 0.3) is 0 Å². The molecule has 48 heavy (non-hydrogen) atoms. The Balaban J connectivity index is 1.34. The Morgan fingerprint density at radius 1 is 0.500 bits per heavy atom. The van der Waals surface area contributed by atoms with E-state index in [2.05, 4.69) is 28.2 Å². The zero-order valence-corrected chi connectivity index (χ0v) is 28.5. The topological polar surface area (TPSA) is 142 Å². The van der Waals surface area contributed by atoms with Crippen molar-refractivity contribution >= 4 is 35.0 Å². The summed E-state index contributed by atoms with van der Waals surface area (Å²) < 4.78 is 0. The summed E-state index contributed by atoms with van der Waals surface area (Å²) in [7, 11) is 0. The van der Waals surface area contributed by atoms with Crippen LogP contribution in [0.1, 0.15) is 122 Å². The minimum atomic E-state index is -0.245. The van der Waals surface area contributed by atoms with Crippen molar-refractivity contribution in [2.75, 3.05) is 17.2 Å². The molecular formula is C39H53N5O4. The summed E-state index contributed by atoms with van der Waals surface area (Å²) in [6.45, 7) is 3.58. The number of unbranched alkanes of at least 4 members (excludes halogenated alkanes) is 9. The Kier molecular flexibility index (Phi) is 17.5. The van der Waals surface area contributed by atoms with E-state index >= 15 is 0 Å². The number of amides is 4. The van der Waals surface area contributed by atoms with Crippen molar-refractivity contribution in [3.63, 3.8) is 0 Å². The molecule has 0 unspecified atom stereocenters. The maximum atomic E-state index is 12.7. The third-order valence-corrected chi connectivity index (χ3v) is 8.16. The van der Waals surface area contributed by atoms with Gasteiger partial charge in [0.1, 0.15) is 0 Å². The second-order valence-corrected chi connectivity index (χ2v) is 12.3. The molecule has 3 aromatic rings. The Hall–Kier alpha value is -4.50. The van der Waals surface area contributed by atoms with E-state index < -0.39 is 0 Å². The molecule has 9 heteroatoms. The molecule has 0 aromatic heterocycles. The summed E-state index contributed by atoms with van der Waals surface area (Å²) in [4.78, 5) is 49.8. The summed E-state index contributed by atoms with van der Waals surface area (Å²) in [5, 5.41) is 11.7. The highest BCUT2D eigenvalue weighted by Gasteiger charge is 2.10. The maximum Gasteiger partial charge on any atom is 0.251 e. The first-order chi connectivity index (χ1) is 23.4. The van der Waals surface area contributed by atoms with Crippen molar-refractivity contribution in [3.8, 4) is 0 Å². The average Bonchev–Trinajstić information content (AvgIpc) is 3.10. The summed E-state index contributed by atoms with van der Waals surface area (Å²) in [5.41, 5.74) is 9.70. The zero-order chi connectivity index (χ0) is 34.4. The highest BCUT2D eigenvalue weighted by atomic mass is 16.2. The van der Waals surface area contributed by atoms with Crippen LogP contribution in [0.4, 0.5) is 11.4 Å². The smallest absolute Gasteiger partial charge is 0.251 e. The monoisotopic (exact) mass is 655 g/mol. The van der Waals surface area contributed by atoms with E-state index in [1.807, 2.05) is 48.5 Å². The van der Waals surface area contributed by atoms with Gasteiger partial charge in [-0.15, -0.1) is 0 Å². The molecular weight excluding hydrogens is 602 g/mol. The quantitative estimate of drug-likeness (QED) is 0.0714. The highest BCUT2D eigenvalue weighted by Crippen LogP contribution is 2.14. The highest BCUT2D eigenvalue weighted by molar-refractivity contribution is 5.98. The summed E-state index contributed by atoms with van der Waals surface area (Å²) in [6, 6.07) is 21.4. The molecule has 0 saturated carbocycles. The summed E-state index contributed by atoms with van der Waals surface area (Å²) in [5.74, 6) is -0.463. The maximum absolute atomic E-state index is 12.7. The SMILES string of the molecule is CCCCCCCCC(=O)Nc1ccc(CNC(=O)c2ccc(C(=O)NCc3ccc(NC(=O)CCCCCCCN)cc3)cc2)cc1. The first-order valence-electron chi connectivity index (χ1n) is 17.5. The van der Waals surface area contributed by atoms with Gasteiger partial charge in [0.15, 0.2) is 0 Å². The lowest BCUT2D eigenvalue weighted by molar-refractivity contribution is -0.117. The minimum absolute atomic E-state index is 0.00143. The molecule has 0 heterocycles. The normalized spacial score (nSPS) is 10.7. The number of carbonyl (C=O) groups is 4. The molecule has 0 radical (unpaired) electrons. The number of anilines is 2. The Morgan fingerprint density at radius 3 is 1.27 bits per heavy atom. The van der Waals surface area contributed by atoms with Gasteiger partial charge in [-0.3, -0.25) is 19.2 Å². The molecule has 4 amide bonds. The third-order valence-electron chi connectivity index (χ3n) is 8.16. The van der Waals surface area contributed by atoms with Gasteiger partial charge in [-0.2, -0.15) is 0 Å². The van der Waals surface area contributed by atoms with Crippen LogP contribution in [0, 0.1) is 0 Å². The second kappa shape index (κ2) is 22.1. The first kappa shape index (κ1) is 38.0. The van der Waals surface area contributed by atoms with Crippen molar-refractivity contribution in [2.45, 2.75) is 103 Å². The number of nitrogens with two attached hydrogens (primary N) is 1. The number of rotatable bonds is 22. The molecule has 0 bridgehead atoms. The van der Waals surface area contributed by atoms with E-state index in [4.69, 9.17) is 5.73 Å². The fraction of sp³-hybridized carbons (Fsp3) is 0.436. The van der Waals surface area contributed by atoms with Crippen molar-refractivity contribution in [1.82, 2.24) is 10.6 Å². The van der Waals surface area contributed by atoms with E-state index in [0.717, 1.165) is 74.0 Å². The number of carbonyl (C=O) groups excluding carboxylic acids is 4. The average molecular weight is 656 g/mol. The van der Waals surface area contributed by atoms with Crippen molar-refractivity contribution in [3.05, 3.63) is 95.1 Å². The predicted molar refractivity (Wildman–Crippen MR) is 194 cm³/mol. The standard InChI is InChI=1S/C39H53N5O4/c1-2-3-4-5-7-10-13-36(45)43-34-23-15-30(16-24-34)28-41-38(47)32-19-21-33(22-20-32)39(48)42-29-31-17-25-35(26-18-31)44-37(46)14-11-8-6-9-12-27-40/h15-26H,2-14,27-29,40H2,1H3,(H,41,47)(H,42,48)(H,43,45)(H,44,46). The Morgan fingerprint density at radius 2 is 0.875 bits per heavy atom. The number of benzene rings is 3. The van der Waals surface area contributed by atoms with Crippen LogP contribution < -0.4 is 27.0 Å². The molecule has 258 valence electrons. The van der Waals surface area contributed by atoms with Crippen LogP contribution in [0.2, 0.25) is 0 Å². The molecule has 0 saturated heterocycles. The third kappa shape index (κ3) is 14.9. The van der Waals surface area contributed by atoms with Gasteiger partial charge < -0.3 is 27.0 Å². The van der Waals surface area contributed by atoms with E-state index in [-0.39, 0.29) is 23.6 Å². The number of hydrogen-bond acceptors (Lipinski definition) is 5. The predicted octanol–water partition coefficient (Wildman–Crippen LogP) is 7.47. The first-order valence-corrected chi connectivity index (χ1v) is 17.5. The number of nitrogens with one attached hydrogen (secondary N) is 4. The van der Waals surface area contributed by atoms with Gasteiger partial charge >= 0.3 is 0 Å². The molecule has 3 rings (SSSR count). The molecule has 6 N–H and O–H groups in total. The van der Waals surface area contributed by atoms with E-state index in [1.165, 1.54) is 25.7 Å². The van der Waals surface area contributed by atoms with Crippen molar-refractivity contribution < 1.29 is 19.2 Å². The molecule has 0 aliphatic heterocycles.